The normalized spacial score (nSPS) is 13.3. The Labute approximate surface area is 169 Å². The van der Waals surface area contributed by atoms with Crippen LogP contribution in [0.4, 0.5) is 5.69 Å². The van der Waals surface area contributed by atoms with Gasteiger partial charge in [0, 0.05) is 12.7 Å². The smallest absolute Gasteiger partial charge is 0.237 e. The zero-order valence-corrected chi connectivity index (χ0v) is 17.7. The van der Waals surface area contributed by atoms with E-state index in [1.165, 1.54) is 11.8 Å². The van der Waals surface area contributed by atoms with Gasteiger partial charge in [-0.1, -0.05) is 43.8 Å². The van der Waals surface area contributed by atoms with Gasteiger partial charge in [-0.25, -0.2) is 0 Å². The average Bonchev–Trinajstić information content (AvgIpc) is 3.27. The van der Waals surface area contributed by atoms with Crippen LogP contribution in [0.25, 0.3) is 11.4 Å². The van der Waals surface area contributed by atoms with Crippen molar-refractivity contribution in [3.63, 3.8) is 0 Å². The molecule has 6 nitrogen and oxygen atoms in total. The van der Waals surface area contributed by atoms with Crippen molar-refractivity contribution in [1.29, 1.82) is 0 Å². The lowest BCUT2D eigenvalue weighted by atomic mass is 9.97. The van der Waals surface area contributed by atoms with Crippen molar-refractivity contribution < 1.29 is 9.21 Å². The van der Waals surface area contributed by atoms with E-state index in [1.807, 2.05) is 49.7 Å². The first-order chi connectivity index (χ1) is 13.4. The Morgan fingerprint density at radius 3 is 2.68 bits per heavy atom. The Kier molecular flexibility index (Phi) is 6.24. The number of carbonyl (C=O) groups is 1. The lowest BCUT2D eigenvalue weighted by molar-refractivity contribution is -0.115. The predicted molar refractivity (Wildman–Crippen MR) is 113 cm³/mol. The summed E-state index contributed by atoms with van der Waals surface area (Å²) in [6.07, 6.45) is 2.66. The maximum atomic E-state index is 12.8. The van der Waals surface area contributed by atoms with E-state index < -0.39 is 0 Å². The second-order valence-electron chi connectivity index (χ2n) is 6.90. The molecule has 3 rings (SSSR count). The lowest BCUT2D eigenvalue weighted by Crippen LogP contribution is -2.23. The summed E-state index contributed by atoms with van der Waals surface area (Å²) < 4.78 is 7.24. The fraction of sp³-hybridized carbons (Fsp3) is 0.381. The summed E-state index contributed by atoms with van der Waals surface area (Å²) in [6, 6.07) is 9.86. The first-order valence-corrected chi connectivity index (χ1v) is 10.3. The van der Waals surface area contributed by atoms with Crippen LogP contribution in [0.15, 0.2) is 46.2 Å². The number of aromatic nitrogens is 3. The number of para-hydroxylation sites is 1. The van der Waals surface area contributed by atoms with Crippen molar-refractivity contribution in [1.82, 2.24) is 14.8 Å². The highest BCUT2D eigenvalue weighted by molar-refractivity contribution is 8.00. The lowest BCUT2D eigenvalue weighted by Gasteiger charge is -2.17. The number of anilines is 1. The molecule has 0 spiro atoms. The molecule has 1 aromatic carbocycles. The maximum Gasteiger partial charge on any atom is 0.237 e. The number of amides is 1. The Balaban J connectivity index is 1.72. The molecule has 3 aromatic rings. The molecule has 1 N–H and O–H groups in total. The number of thioether (sulfide) groups is 1. The van der Waals surface area contributed by atoms with Gasteiger partial charge in [0.1, 0.15) is 5.76 Å². The first-order valence-electron chi connectivity index (χ1n) is 9.42. The number of furan rings is 1. The summed E-state index contributed by atoms with van der Waals surface area (Å²) in [6.45, 7) is 8.09. The van der Waals surface area contributed by atoms with Crippen molar-refractivity contribution in [2.24, 2.45) is 7.05 Å². The van der Waals surface area contributed by atoms with Crippen LogP contribution < -0.4 is 5.32 Å². The number of nitrogens with zero attached hydrogens (tertiary/aromatic N) is 3. The van der Waals surface area contributed by atoms with E-state index in [4.69, 9.17) is 4.42 Å². The standard InChI is InChI=1S/C21H26N4O2S/c1-6-13(2)16-9-7-8-10-18(16)22-20(26)15(4)28-21-24-23-19(25(21)5)17-11-12-27-14(17)3/h7-13,15H,6H2,1-5H3,(H,22,26). The van der Waals surface area contributed by atoms with Crippen molar-refractivity contribution >= 4 is 23.4 Å². The van der Waals surface area contributed by atoms with Crippen molar-refractivity contribution in [2.45, 2.75) is 50.4 Å². The second kappa shape index (κ2) is 8.65. The molecular formula is C21H26N4O2S. The minimum atomic E-state index is -0.314. The van der Waals surface area contributed by atoms with Gasteiger partial charge in [-0.05, 0) is 43.9 Å². The number of carbonyl (C=O) groups excluding carboxylic acids is 1. The van der Waals surface area contributed by atoms with Gasteiger partial charge in [0.15, 0.2) is 11.0 Å². The number of rotatable bonds is 7. The molecule has 0 aliphatic heterocycles. The van der Waals surface area contributed by atoms with Gasteiger partial charge in [0.2, 0.25) is 5.91 Å². The summed E-state index contributed by atoms with van der Waals surface area (Å²) in [4.78, 5) is 12.8. The fourth-order valence-corrected chi connectivity index (χ4v) is 3.79. The van der Waals surface area contributed by atoms with Crippen LogP contribution >= 0.6 is 11.8 Å². The van der Waals surface area contributed by atoms with E-state index >= 15 is 0 Å². The van der Waals surface area contributed by atoms with E-state index in [9.17, 15) is 4.79 Å². The monoisotopic (exact) mass is 398 g/mol. The molecule has 2 unspecified atom stereocenters. The topological polar surface area (TPSA) is 73.0 Å². The number of nitrogens with one attached hydrogen (secondary N) is 1. The molecule has 0 bridgehead atoms. The number of benzene rings is 1. The van der Waals surface area contributed by atoms with E-state index in [2.05, 4.69) is 35.4 Å². The Hall–Kier alpha value is -2.54. The first kappa shape index (κ1) is 20.2. The fourth-order valence-electron chi connectivity index (χ4n) is 2.98. The van der Waals surface area contributed by atoms with Gasteiger partial charge in [0.05, 0.1) is 17.1 Å². The molecule has 0 saturated heterocycles. The van der Waals surface area contributed by atoms with Gasteiger partial charge in [-0.2, -0.15) is 0 Å². The molecule has 2 atom stereocenters. The van der Waals surface area contributed by atoms with Gasteiger partial charge < -0.3 is 14.3 Å². The number of hydrogen-bond acceptors (Lipinski definition) is 5. The van der Waals surface area contributed by atoms with Crippen LogP contribution in [0.1, 0.15) is 44.4 Å². The Morgan fingerprint density at radius 1 is 1.25 bits per heavy atom. The van der Waals surface area contributed by atoms with Gasteiger partial charge in [-0.3, -0.25) is 4.79 Å². The van der Waals surface area contributed by atoms with Crippen LogP contribution in [-0.4, -0.2) is 25.9 Å². The van der Waals surface area contributed by atoms with Crippen LogP contribution in [0, 0.1) is 6.92 Å². The summed E-state index contributed by atoms with van der Waals surface area (Å²) in [5.41, 5.74) is 2.94. The van der Waals surface area contributed by atoms with Crippen LogP contribution in [-0.2, 0) is 11.8 Å². The van der Waals surface area contributed by atoms with Gasteiger partial charge in [0.25, 0.3) is 0 Å². The summed E-state index contributed by atoms with van der Waals surface area (Å²) in [5, 5.41) is 12.0. The molecule has 2 aromatic heterocycles. The third kappa shape index (κ3) is 4.14. The van der Waals surface area contributed by atoms with Gasteiger partial charge in [-0.15, -0.1) is 10.2 Å². The van der Waals surface area contributed by atoms with E-state index in [1.54, 1.807) is 6.26 Å². The van der Waals surface area contributed by atoms with E-state index in [-0.39, 0.29) is 11.2 Å². The van der Waals surface area contributed by atoms with Crippen molar-refractivity contribution in [3.8, 4) is 11.4 Å². The predicted octanol–water partition coefficient (Wildman–Crippen LogP) is 5.02. The van der Waals surface area contributed by atoms with Crippen LogP contribution in [0.3, 0.4) is 0 Å². The van der Waals surface area contributed by atoms with Crippen molar-refractivity contribution in [2.75, 3.05) is 5.32 Å². The molecule has 0 aliphatic rings. The summed E-state index contributed by atoms with van der Waals surface area (Å²) in [7, 11) is 1.90. The zero-order chi connectivity index (χ0) is 20.3. The molecule has 28 heavy (non-hydrogen) atoms. The quantitative estimate of drug-likeness (QED) is 0.566. The zero-order valence-electron chi connectivity index (χ0n) is 16.9. The molecule has 0 aliphatic carbocycles. The van der Waals surface area contributed by atoms with E-state index in [0.29, 0.717) is 11.1 Å². The van der Waals surface area contributed by atoms with Crippen LogP contribution in [0.5, 0.6) is 0 Å². The molecule has 0 radical (unpaired) electrons. The van der Waals surface area contributed by atoms with Crippen LogP contribution in [0.2, 0.25) is 0 Å². The Morgan fingerprint density at radius 2 is 2.00 bits per heavy atom. The SMILES string of the molecule is CCC(C)c1ccccc1NC(=O)C(C)Sc1nnc(-c2ccoc2C)n1C. The highest BCUT2D eigenvalue weighted by Crippen LogP contribution is 2.30. The van der Waals surface area contributed by atoms with Gasteiger partial charge >= 0.3 is 0 Å². The summed E-state index contributed by atoms with van der Waals surface area (Å²) in [5.74, 6) is 1.85. The average molecular weight is 399 g/mol. The number of aryl methyl sites for hydroxylation is 1. The largest absolute Gasteiger partial charge is 0.469 e. The molecule has 0 saturated carbocycles. The highest BCUT2D eigenvalue weighted by atomic mass is 32.2. The Bertz CT molecular complexity index is 963. The van der Waals surface area contributed by atoms with E-state index in [0.717, 1.165) is 34.8 Å². The highest BCUT2D eigenvalue weighted by Gasteiger charge is 2.21. The molecular weight excluding hydrogens is 372 g/mol. The molecule has 0 fully saturated rings. The third-order valence-corrected chi connectivity index (χ3v) is 6.08. The third-order valence-electron chi connectivity index (χ3n) is 4.95. The minimum Gasteiger partial charge on any atom is -0.469 e. The summed E-state index contributed by atoms with van der Waals surface area (Å²) >= 11 is 1.39. The minimum absolute atomic E-state index is 0.0511. The molecule has 1 amide bonds. The molecule has 148 valence electrons. The second-order valence-corrected chi connectivity index (χ2v) is 8.21. The van der Waals surface area contributed by atoms with Crippen molar-refractivity contribution in [3.05, 3.63) is 47.9 Å². The molecule has 7 heteroatoms. The molecule has 2 heterocycles. The number of hydrogen-bond donors (Lipinski definition) is 1. The maximum absolute atomic E-state index is 12.8.